The third kappa shape index (κ3) is 2.35. The van der Waals surface area contributed by atoms with E-state index < -0.39 is 17.3 Å². The lowest BCUT2D eigenvalue weighted by molar-refractivity contribution is -0.143. The number of halogens is 1. The van der Waals surface area contributed by atoms with Crippen LogP contribution in [0.3, 0.4) is 0 Å². The summed E-state index contributed by atoms with van der Waals surface area (Å²) in [5, 5.41) is 8.96. The molecule has 1 atom stereocenters. The summed E-state index contributed by atoms with van der Waals surface area (Å²) in [5.74, 6) is -1.66. The van der Waals surface area contributed by atoms with Gasteiger partial charge in [-0.3, -0.25) is 4.79 Å². The molecule has 0 aromatic heterocycles. The van der Waals surface area contributed by atoms with E-state index in [1.54, 1.807) is 19.1 Å². The van der Waals surface area contributed by atoms with Crippen LogP contribution in [0.4, 0.5) is 4.39 Å². The normalized spacial score (nSPS) is 13.6. The Bertz CT molecular complexity index is 354. The van der Waals surface area contributed by atoms with Gasteiger partial charge in [0.25, 0.3) is 0 Å². The summed E-state index contributed by atoms with van der Waals surface area (Å²) < 4.78 is 12.7. The molecule has 0 aliphatic heterocycles. The number of aliphatic carboxylic acids is 1. The summed E-state index contributed by atoms with van der Waals surface area (Å²) in [6.07, 6.45) is 0. The van der Waals surface area contributed by atoms with Crippen LogP contribution in [0.5, 0.6) is 0 Å². The Morgan fingerprint density at radius 3 is 2.20 bits per heavy atom. The molecule has 2 nitrogen and oxygen atoms in total. The monoisotopic (exact) mass is 210 g/mol. The van der Waals surface area contributed by atoms with Gasteiger partial charge in [-0.2, -0.15) is 0 Å². The van der Waals surface area contributed by atoms with Gasteiger partial charge in [-0.15, -0.1) is 0 Å². The zero-order valence-electron chi connectivity index (χ0n) is 9.12. The fraction of sp³-hybridized carbons (Fsp3) is 0.417. The van der Waals surface area contributed by atoms with E-state index in [0.29, 0.717) is 0 Å². The van der Waals surface area contributed by atoms with Crippen molar-refractivity contribution in [2.45, 2.75) is 26.2 Å². The summed E-state index contributed by atoms with van der Waals surface area (Å²) in [7, 11) is 0. The zero-order chi connectivity index (χ0) is 11.6. The predicted molar refractivity (Wildman–Crippen MR) is 56.2 cm³/mol. The smallest absolute Gasteiger partial charge is 0.307 e. The van der Waals surface area contributed by atoms with Gasteiger partial charge in [0, 0.05) is 5.41 Å². The summed E-state index contributed by atoms with van der Waals surface area (Å²) in [6.45, 7) is 5.35. The molecule has 0 saturated heterocycles. The van der Waals surface area contributed by atoms with Gasteiger partial charge in [0.2, 0.25) is 0 Å². The third-order valence-electron chi connectivity index (χ3n) is 3.04. The highest BCUT2D eigenvalue weighted by Crippen LogP contribution is 2.31. The molecule has 0 radical (unpaired) electrons. The predicted octanol–water partition coefficient (Wildman–Crippen LogP) is 2.82. The molecule has 0 saturated carbocycles. The van der Waals surface area contributed by atoms with Crippen LogP contribution in [0.15, 0.2) is 24.3 Å². The van der Waals surface area contributed by atoms with Crippen LogP contribution in [-0.4, -0.2) is 11.1 Å². The maximum absolute atomic E-state index is 12.7. The first-order valence-electron chi connectivity index (χ1n) is 4.84. The molecule has 0 amide bonds. The second-order valence-corrected chi connectivity index (χ2v) is 4.29. The van der Waals surface area contributed by atoms with Crippen LogP contribution in [0.1, 0.15) is 26.3 Å². The Kier molecular flexibility index (Phi) is 3.12. The lowest BCUT2D eigenvalue weighted by atomic mass is 9.74. The van der Waals surface area contributed by atoms with Crippen LogP contribution in [0, 0.1) is 11.7 Å². The van der Waals surface area contributed by atoms with Crippen LogP contribution < -0.4 is 0 Å². The first-order valence-corrected chi connectivity index (χ1v) is 4.84. The van der Waals surface area contributed by atoms with Gasteiger partial charge in [-0.1, -0.05) is 32.9 Å². The molecule has 1 rings (SSSR count). The number of hydrogen-bond donors (Lipinski definition) is 1. The standard InChI is InChI=1S/C12H15FO2/c1-8(11(14)15)12(2,3)9-4-6-10(13)7-5-9/h4-8H,1-3H3,(H,14,15)/t8-/m1/s1. The van der Waals surface area contributed by atoms with E-state index in [-0.39, 0.29) is 5.82 Å². The minimum Gasteiger partial charge on any atom is -0.481 e. The minimum atomic E-state index is -0.843. The molecular formula is C12H15FO2. The van der Waals surface area contributed by atoms with E-state index in [9.17, 15) is 9.18 Å². The van der Waals surface area contributed by atoms with Crippen molar-refractivity contribution in [2.75, 3.05) is 0 Å². The first-order chi connectivity index (χ1) is 6.85. The number of carboxylic acids is 1. The average Bonchev–Trinajstić information content (AvgIpc) is 2.17. The molecule has 0 bridgehead atoms. The van der Waals surface area contributed by atoms with Crippen molar-refractivity contribution in [3.05, 3.63) is 35.6 Å². The van der Waals surface area contributed by atoms with Crippen LogP contribution in [0.2, 0.25) is 0 Å². The molecule has 0 unspecified atom stereocenters. The van der Waals surface area contributed by atoms with Gasteiger partial charge in [0.15, 0.2) is 0 Å². The fourth-order valence-corrected chi connectivity index (χ4v) is 1.44. The van der Waals surface area contributed by atoms with Crippen molar-refractivity contribution in [1.82, 2.24) is 0 Å². The molecule has 0 aliphatic carbocycles. The van der Waals surface area contributed by atoms with Crippen molar-refractivity contribution in [3.63, 3.8) is 0 Å². The Labute approximate surface area is 88.7 Å². The molecular weight excluding hydrogens is 195 g/mol. The average molecular weight is 210 g/mol. The van der Waals surface area contributed by atoms with Crippen molar-refractivity contribution in [2.24, 2.45) is 5.92 Å². The van der Waals surface area contributed by atoms with E-state index >= 15 is 0 Å². The molecule has 1 aromatic carbocycles. The van der Waals surface area contributed by atoms with Crippen LogP contribution in [-0.2, 0) is 10.2 Å². The van der Waals surface area contributed by atoms with E-state index in [0.717, 1.165) is 5.56 Å². The maximum atomic E-state index is 12.7. The molecule has 3 heteroatoms. The summed E-state index contributed by atoms with van der Waals surface area (Å²) >= 11 is 0. The number of hydrogen-bond acceptors (Lipinski definition) is 1. The van der Waals surface area contributed by atoms with E-state index in [1.165, 1.54) is 12.1 Å². The van der Waals surface area contributed by atoms with Gasteiger partial charge in [-0.05, 0) is 17.7 Å². The molecule has 0 fully saturated rings. The van der Waals surface area contributed by atoms with Crippen molar-refractivity contribution in [1.29, 1.82) is 0 Å². The van der Waals surface area contributed by atoms with Crippen molar-refractivity contribution < 1.29 is 14.3 Å². The number of carboxylic acid groups (broad SMARTS) is 1. The summed E-state index contributed by atoms with van der Waals surface area (Å²) in [5.41, 5.74) is 0.332. The summed E-state index contributed by atoms with van der Waals surface area (Å²) in [6, 6.07) is 5.97. The molecule has 1 N–H and O–H groups in total. The molecule has 0 aliphatic rings. The molecule has 1 aromatic rings. The highest BCUT2D eigenvalue weighted by Gasteiger charge is 2.32. The van der Waals surface area contributed by atoms with Gasteiger partial charge in [0.1, 0.15) is 5.82 Å². The zero-order valence-corrected chi connectivity index (χ0v) is 9.12. The lowest BCUT2D eigenvalue weighted by Gasteiger charge is -2.29. The number of carbonyl (C=O) groups is 1. The molecule has 82 valence electrons. The summed E-state index contributed by atoms with van der Waals surface area (Å²) in [4.78, 5) is 10.9. The Balaban J connectivity index is 3.05. The topological polar surface area (TPSA) is 37.3 Å². The van der Waals surface area contributed by atoms with Crippen molar-refractivity contribution >= 4 is 5.97 Å². The number of rotatable bonds is 3. The van der Waals surface area contributed by atoms with Gasteiger partial charge in [0.05, 0.1) is 5.92 Å². The van der Waals surface area contributed by atoms with Crippen LogP contribution in [0.25, 0.3) is 0 Å². The largest absolute Gasteiger partial charge is 0.481 e. The quantitative estimate of drug-likeness (QED) is 0.832. The Morgan fingerprint density at radius 2 is 1.80 bits per heavy atom. The molecule has 0 heterocycles. The fourth-order valence-electron chi connectivity index (χ4n) is 1.44. The van der Waals surface area contributed by atoms with Gasteiger partial charge in [-0.25, -0.2) is 4.39 Å². The Hall–Kier alpha value is -1.38. The SMILES string of the molecule is C[C@H](C(=O)O)C(C)(C)c1ccc(F)cc1. The second-order valence-electron chi connectivity index (χ2n) is 4.29. The lowest BCUT2D eigenvalue weighted by Crippen LogP contribution is -2.32. The van der Waals surface area contributed by atoms with Gasteiger partial charge < -0.3 is 5.11 Å². The molecule has 0 spiro atoms. The first kappa shape index (κ1) is 11.7. The highest BCUT2D eigenvalue weighted by molar-refractivity contribution is 5.71. The second kappa shape index (κ2) is 4.01. The Morgan fingerprint density at radius 1 is 1.33 bits per heavy atom. The van der Waals surface area contributed by atoms with E-state index in [1.807, 2.05) is 13.8 Å². The van der Waals surface area contributed by atoms with E-state index in [4.69, 9.17) is 5.11 Å². The highest BCUT2D eigenvalue weighted by atomic mass is 19.1. The minimum absolute atomic E-state index is 0.308. The number of benzene rings is 1. The molecule has 15 heavy (non-hydrogen) atoms. The van der Waals surface area contributed by atoms with Crippen molar-refractivity contribution in [3.8, 4) is 0 Å². The third-order valence-corrected chi connectivity index (χ3v) is 3.04. The van der Waals surface area contributed by atoms with Crippen LogP contribution >= 0.6 is 0 Å². The van der Waals surface area contributed by atoms with E-state index in [2.05, 4.69) is 0 Å². The van der Waals surface area contributed by atoms with Gasteiger partial charge >= 0.3 is 5.97 Å². The maximum Gasteiger partial charge on any atom is 0.307 e.